The van der Waals surface area contributed by atoms with Gasteiger partial charge in [-0.15, -0.1) is 0 Å². The molecule has 2 rings (SSSR count). The van der Waals surface area contributed by atoms with E-state index in [-0.39, 0.29) is 17.5 Å². The monoisotopic (exact) mass is 286 g/mol. The number of ether oxygens (including phenoxy) is 1. The number of esters is 1. The van der Waals surface area contributed by atoms with Crippen molar-refractivity contribution in [2.45, 2.75) is 18.8 Å². The summed E-state index contributed by atoms with van der Waals surface area (Å²) in [6.07, 6.45) is 0.495. The van der Waals surface area contributed by atoms with Crippen molar-refractivity contribution < 1.29 is 19.7 Å². The second-order valence-electron chi connectivity index (χ2n) is 4.84. The van der Waals surface area contributed by atoms with Crippen molar-refractivity contribution in [2.24, 2.45) is 0 Å². The third-order valence-corrected chi connectivity index (χ3v) is 3.78. The summed E-state index contributed by atoms with van der Waals surface area (Å²) in [7, 11) is 1.35. The van der Waals surface area contributed by atoms with Crippen LogP contribution >= 0.6 is 0 Å². The van der Waals surface area contributed by atoms with Crippen molar-refractivity contribution in [3.8, 4) is 11.5 Å². The van der Waals surface area contributed by atoms with Crippen LogP contribution in [0.4, 0.5) is 0 Å². The second-order valence-corrected chi connectivity index (χ2v) is 4.84. The summed E-state index contributed by atoms with van der Waals surface area (Å²) in [4.78, 5) is 12.5. The van der Waals surface area contributed by atoms with Crippen LogP contribution in [0, 0.1) is 0 Å². The highest BCUT2D eigenvalue weighted by atomic mass is 16.5. The van der Waals surface area contributed by atoms with Crippen LogP contribution in [-0.4, -0.2) is 23.3 Å². The SMILES string of the molecule is CCC(C(=O)OC)(c1ccc(O)cc1)c1ccc(O)cc1. The van der Waals surface area contributed by atoms with Gasteiger partial charge in [0.05, 0.1) is 7.11 Å². The van der Waals surface area contributed by atoms with Crippen LogP contribution < -0.4 is 0 Å². The first kappa shape index (κ1) is 14.9. The molecule has 0 aliphatic rings. The van der Waals surface area contributed by atoms with Crippen molar-refractivity contribution in [3.63, 3.8) is 0 Å². The zero-order chi connectivity index (χ0) is 15.5. The molecular weight excluding hydrogens is 268 g/mol. The molecule has 0 aliphatic carbocycles. The van der Waals surface area contributed by atoms with Crippen LogP contribution in [0.25, 0.3) is 0 Å². The molecule has 0 amide bonds. The summed E-state index contributed by atoms with van der Waals surface area (Å²) >= 11 is 0. The number of carbonyl (C=O) groups excluding carboxylic acids is 1. The van der Waals surface area contributed by atoms with Crippen LogP contribution in [0.5, 0.6) is 11.5 Å². The molecule has 0 saturated carbocycles. The Bertz CT molecular complexity index is 569. The molecule has 0 unspecified atom stereocenters. The molecule has 2 N–H and O–H groups in total. The van der Waals surface area contributed by atoms with Crippen molar-refractivity contribution in [1.29, 1.82) is 0 Å². The van der Waals surface area contributed by atoms with Crippen LogP contribution in [-0.2, 0) is 14.9 Å². The fourth-order valence-electron chi connectivity index (χ4n) is 2.62. The molecule has 21 heavy (non-hydrogen) atoms. The molecule has 0 atom stereocenters. The Labute approximate surface area is 123 Å². The first-order chi connectivity index (χ1) is 10.0. The number of phenols is 2. The van der Waals surface area contributed by atoms with Crippen molar-refractivity contribution in [1.82, 2.24) is 0 Å². The standard InChI is InChI=1S/C17H18O4/c1-3-17(16(20)21-2,12-4-8-14(18)9-5-12)13-6-10-15(19)11-7-13/h4-11,18-19H,3H2,1-2H3. The molecule has 4 nitrogen and oxygen atoms in total. The molecule has 0 aliphatic heterocycles. The lowest BCUT2D eigenvalue weighted by molar-refractivity contribution is -0.146. The van der Waals surface area contributed by atoms with Gasteiger partial charge >= 0.3 is 5.97 Å². The summed E-state index contributed by atoms with van der Waals surface area (Å²) in [5.74, 6) is -0.0972. The Balaban J connectivity index is 2.66. The molecule has 0 fully saturated rings. The van der Waals surface area contributed by atoms with Gasteiger partial charge in [-0.2, -0.15) is 0 Å². The number of hydrogen-bond donors (Lipinski definition) is 2. The molecule has 110 valence electrons. The molecular formula is C17H18O4. The summed E-state index contributed by atoms with van der Waals surface area (Å²) in [6, 6.07) is 13.0. The van der Waals surface area contributed by atoms with Gasteiger partial charge in [0, 0.05) is 0 Å². The molecule has 0 spiro atoms. The van der Waals surface area contributed by atoms with E-state index in [9.17, 15) is 15.0 Å². The van der Waals surface area contributed by atoms with E-state index in [2.05, 4.69) is 0 Å². The molecule has 0 heterocycles. The number of aromatic hydroxyl groups is 2. The van der Waals surface area contributed by atoms with Gasteiger partial charge in [-0.1, -0.05) is 31.2 Å². The number of rotatable bonds is 4. The zero-order valence-corrected chi connectivity index (χ0v) is 12.0. The molecule has 2 aromatic carbocycles. The maximum Gasteiger partial charge on any atom is 0.320 e. The molecule has 0 bridgehead atoms. The van der Waals surface area contributed by atoms with Gasteiger partial charge < -0.3 is 14.9 Å². The maximum absolute atomic E-state index is 12.5. The normalized spacial score (nSPS) is 11.1. The molecule has 0 saturated heterocycles. The van der Waals surface area contributed by atoms with E-state index in [0.29, 0.717) is 6.42 Å². The molecule has 0 radical (unpaired) electrons. The number of carbonyl (C=O) groups is 1. The minimum atomic E-state index is -0.962. The van der Waals surface area contributed by atoms with E-state index in [0.717, 1.165) is 11.1 Å². The zero-order valence-electron chi connectivity index (χ0n) is 12.0. The Hall–Kier alpha value is -2.49. The van der Waals surface area contributed by atoms with Crippen LogP contribution in [0.15, 0.2) is 48.5 Å². The van der Waals surface area contributed by atoms with Gasteiger partial charge in [0.1, 0.15) is 16.9 Å². The van der Waals surface area contributed by atoms with Crippen molar-refractivity contribution in [2.75, 3.05) is 7.11 Å². The molecule has 4 heteroatoms. The highest BCUT2D eigenvalue weighted by Gasteiger charge is 2.41. The Morgan fingerprint density at radius 3 is 1.62 bits per heavy atom. The predicted octanol–water partition coefficient (Wildman–Crippen LogP) is 2.97. The number of benzene rings is 2. The molecule has 0 aromatic heterocycles. The highest BCUT2D eigenvalue weighted by molar-refractivity contribution is 5.87. The predicted molar refractivity (Wildman–Crippen MR) is 79.3 cm³/mol. The Kier molecular flexibility index (Phi) is 4.17. The van der Waals surface area contributed by atoms with E-state index >= 15 is 0 Å². The van der Waals surface area contributed by atoms with E-state index < -0.39 is 5.41 Å². The van der Waals surface area contributed by atoms with Crippen LogP contribution in [0.1, 0.15) is 24.5 Å². The fourth-order valence-corrected chi connectivity index (χ4v) is 2.62. The van der Waals surface area contributed by atoms with Crippen molar-refractivity contribution >= 4 is 5.97 Å². The minimum absolute atomic E-state index is 0.138. The van der Waals surface area contributed by atoms with Gasteiger partial charge in [-0.05, 0) is 41.8 Å². The van der Waals surface area contributed by atoms with Crippen LogP contribution in [0.3, 0.4) is 0 Å². The number of phenolic OH excluding ortho intramolecular Hbond substituents is 2. The van der Waals surface area contributed by atoms with Gasteiger partial charge in [0.25, 0.3) is 0 Å². The maximum atomic E-state index is 12.5. The van der Waals surface area contributed by atoms with Crippen molar-refractivity contribution in [3.05, 3.63) is 59.7 Å². The lowest BCUT2D eigenvalue weighted by atomic mass is 9.72. The van der Waals surface area contributed by atoms with E-state index in [4.69, 9.17) is 4.74 Å². The summed E-state index contributed by atoms with van der Waals surface area (Å²) in [6.45, 7) is 1.90. The van der Waals surface area contributed by atoms with Gasteiger partial charge in [-0.3, -0.25) is 4.79 Å². The largest absolute Gasteiger partial charge is 0.508 e. The second kappa shape index (κ2) is 5.87. The Morgan fingerprint density at radius 1 is 0.952 bits per heavy atom. The van der Waals surface area contributed by atoms with Crippen LogP contribution in [0.2, 0.25) is 0 Å². The third kappa shape index (κ3) is 2.57. The van der Waals surface area contributed by atoms with Gasteiger partial charge in [0.15, 0.2) is 0 Å². The summed E-state index contributed by atoms with van der Waals surface area (Å²) < 4.78 is 5.01. The summed E-state index contributed by atoms with van der Waals surface area (Å²) in [5.41, 5.74) is 0.511. The highest BCUT2D eigenvalue weighted by Crippen LogP contribution is 2.38. The van der Waals surface area contributed by atoms with Gasteiger partial charge in [-0.25, -0.2) is 0 Å². The lowest BCUT2D eigenvalue weighted by Crippen LogP contribution is -2.37. The topological polar surface area (TPSA) is 66.8 Å². The minimum Gasteiger partial charge on any atom is -0.508 e. The first-order valence-corrected chi connectivity index (χ1v) is 6.72. The van der Waals surface area contributed by atoms with E-state index in [1.165, 1.54) is 7.11 Å². The number of methoxy groups -OCH3 is 1. The first-order valence-electron chi connectivity index (χ1n) is 6.72. The smallest absolute Gasteiger partial charge is 0.320 e. The Morgan fingerprint density at radius 2 is 1.33 bits per heavy atom. The van der Waals surface area contributed by atoms with Gasteiger partial charge in [0.2, 0.25) is 0 Å². The summed E-state index contributed by atoms with van der Waals surface area (Å²) in [5, 5.41) is 18.9. The molecule has 2 aromatic rings. The average molecular weight is 286 g/mol. The number of hydrogen-bond acceptors (Lipinski definition) is 4. The fraction of sp³-hybridized carbons (Fsp3) is 0.235. The van der Waals surface area contributed by atoms with E-state index in [1.807, 2.05) is 6.92 Å². The average Bonchev–Trinajstić information content (AvgIpc) is 2.51. The van der Waals surface area contributed by atoms with E-state index in [1.54, 1.807) is 48.5 Å². The quantitative estimate of drug-likeness (QED) is 0.848. The lowest BCUT2D eigenvalue weighted by Gasteiger charge is -2.31. The third-order valence-electron chi connectivity index (χ3n) is 3.78.